The smallest absolute Gasteiger partial charge is 0.451 e. The summed E-state index contributed by atoms with van der Waals surface area (Å²) < 4.78 is 48.8. The van der Waals surface area contributed by atoms with Gasteiger partial charge in [-0.25, -0.2) is 13.6 Å². The third-order valence-corrected chi connectivity index (χ3v) is 5.97. The van der Waals surface area contributed by atoms with E-state index in [4.69, 9.17) is 19.3 Å². The van der Waals surface area contributed by atoms with Gasteiger partial charge in [0.1, 0.15) is 18.2 Å². The molecule has 0 unspecified atom stereocenters. The molecule has 2 aliphatic rings. The molecule has 4 rings (SSSR count). The number of amides is 1. The normalized spacial score (nSPS) is 18.3. The number of pyridine rings is 1. The number of ketones is 1. The first-order valence-electron chi connectivity index (χ1n) is 11.4. The predicted octanol–water partition coefficient (Wildman–Crippen LogP) is 1.62. The molecule has 13 heteroatoms. The molecule has 1 fully saturated rings. The molecule has 1 aromatic heterocycles. The fourth-order valence-corrected chi connectivity index (χ4v) is 4.21. The zero-order valence-corrected chi connectivity index (χ0v) is 19.8. The van der Waals surface area contributed by atoms with Gasteiger partial charge in [0, 0.05) is 18.7 Å². The first kappa shape index (κ1) is 26.2. The van der Waals surface area contributed by atoms with Gasteiger partial charge in [-0.2, -0.15) is 0 Å². The Hall–Kier alpha value is -3.84. The van der Waals surface area contributed by atoms with E-state index in [1.54, 1.807) is 6.92 Å². The monoisotopic (exact) mass is 522 g/mol. The van der Waals surface area contributed by atoms with E-state index in [0.29, 0.717) is 6.07 Å². The Morgan fingerprint density at radius 1 is 1.22 bits per heavy atom. The lowest BCUT2D eigenvalue weighted by molar-refractivity contribution is -0.00530. The third kappa shape index (κ3) is 5.47. The van der Waals surface area contributed by atoms with Crippen LogP contribution in [0, 0.1) is 11.6 Å². The largest absolute Gasteiger partial charge is 0.511 e. The van der Waals surface area contributed by atoms with E-state index in [1.807, 2.05) is 0 Å². The van der Waals surface area contributed by atoms with Crippen molar-refractivity contribution < 1.29 is 47.2 Å². The molecular weight excluding hydrogens is 498 g/mol. The lowest BCUT2D eigenvalue weighted by atomic mass is 10.0. The van der Waals surface area contributed by atoms with Crippen molar-refractivity contribution in [1.82, 2.24) is 9.47 Å². The van der Waals surface area contributed by atoms with Crippen LogP contribution in [0.5, 0.6) is 5.75 Å². The van der Waals surface area contributed by atoms with Crippen molar-refractivity contribution in [1.29, 1.82) is 0 Å². The van der Waals surface area contributed by atoms with E-state index < -0.39 is 60.3 Å². The van der Waals surface area contributed by atoms with Gasteiger partial charge in [0.2, 0.25) is 18.0 Å². The maximum Gasteiger partial charge on any atom is 0.511 e. The van der Waals surface area contributed by atoms with Crippen molar-refractivity contribution in [2.24, 2.45) is 0 Å². The van der Waals surface area contributed by atoms with E-state index in [2.05, 4.69) is 4.74 Å². The average molecular weight is 522 g/mol. The average Bonchev–Trinajstić information content (AvgIpc) is 3.23. The number of aliphatic hydroxyl groups excluding tert-OH is 1. The minimum absolute atomic E-state index is 0.0956. The van der Waals surface area contributed by atoms with Gasteiger partial charge in [-0.15, -0.1) is 0 Å². The number of hydrogen-bond donors (Lipinski definition) is 1. The molecule has 1 amide bonds. The van der Waals surface area contributed by atoms with Crippen LogP contribution in [0.2, 0.25) is 0 Å². The number of ether oxygens (including phenoxy) is 4. The fraction of sp³-hybridized carbons (Fsp3) is 0.417. The third-order valence-electron chi connectivity index (χ3n) is 5.97. The number of halogens is 2. The van der Waals surface area contributed by atoms with Gasteiger partial charge in [0.15, 0.2) is 17.7 Å². The first-order valence-corrected chi connectivity index (χ1v) is 11.4. The Labute approximate surface area is 209 Å². The Kier molecular flexibility index (Phi) is 7.83. The Morgan fingerprint density at radius 2 is 2.00 bits per heavy atom. The van der Waals surface area contributed by atoms with Crippen molar-refractivity contribution in [2.45, 2.75) is 38.6 Å². The van der Waals surface area contributed by atoms with Crippen LogP contribution in [0.3, 0.4) is 0 Å². The number of benzene rings is 1. The summed E-state index contributed by atoms with van der Waals surface area (Å²) in [5.74, 6) is -3.30. The second kappa shape index (κ2) is 11.0. The van der Waals surface area contributed by atoms with Gasteiger partial charge in [-0.3, -0.25) is 14.4 Å². The molecule has 2 aliphatic heterocycles. The van der Waals surface area contributed by atoms with E-state index in [1.165, 1.54) is 21.7 Å². The second-order valence-electron chi connectivity index (χ2n) is 8.44. The van der Waals surface area contributed by atoms with Crippen LogP contribution in [0.4, 0.5) is 13.6 Å². The Balaban J connectivity index is 1.62. The summed E-state index contributed by atoms with van der Waals surface area (Å²) in [4.78, 5) is 52.5. The number of aromatic nitrogens is 1. The molecule has 1 saturated heterocycles. The molecule has 11 nitrogen and oxygen atoms in total. The number of carbonyl (C=O) groups is 3. The van der Waals surface area contributed by atoms with Crippen LogP contribution >= 0.6 is 0 Å². The molecule has 0 spiro atoms. The predicted molar refractivity (Wildman–Crippen MR) is 120 cm³/mol. The number of carbonyl (C=O) groups excluding carboxylic acids is 3. The molecule has 0 saturated carbocycles. The minimum Gasteiger partial charge on any atom is -0.451 e. The summed E-state index contributed by atoms with van der Waals surface area (Å²) in [5.41, 5.74) is -1.29. The number of Topliss-reactive ketones (excluding diaryl/α,β-unsaturated/α-hetero) is 1. The molecular formula is C24H24F2N2O9. The van der Waals surface area contributed by atoms with Gasteiger partial charge in [0.25, 0.3) is 5.91 Å². The van der Waals surface area contributed by atoms with Crippen LogP contribution in [0.25, 0.3) is 0 Å². The molecule has 198 valence electrons. The zero-order chi connectivity index (χ0) is 26.7. The maximum atomic E-state index is 14.0. The number of rotatable bonds is 9. The van der Waals surface area contributed by atoms with Crippen molar-refractivity contribution in [2.75, 3.05) is 26.6 Å². The van der Waals surface area contributed by atoms with Gasteiger partial charge in [-0.05, 0) is 25.0 Å². The van der Waals surface area contributed by atoms with Crippen LogP contribution in [-0.4, -0.2) is 71.3 Å². The second-order valence-corrected chi connectivity index (χ2v) is 8.44. The Bertz CT molecular complexity index is 1280. The Morgan fingerprint density at radius 3 is 2.73 bits per heavy atom. The lowest BCUT2D eigenvalue weighted by Crippen LogP contribution is -2.49. The number of fused-ring (bicyclic) bond motifs is 2. The highest BCUT2D eigenvalue weighted by atomic mass is 19.1. The highest BCUT2D eigenvalue weighted by Crippen LogP contribution is 2.30. The minimum atomic E-state index is -1.18. The van der Waals surface area contributed by atoms with Crippen molar-refractivity contribution in [3.8, 4) is 5.75 Å². The van der Waals surface area contributed by atoms with Gasteiger partial charge in [0.05, 0.1) is 31.4 Å². The van der Waals surface area contributed by atoms with Gasteiger partial charge in [-0.1, -0.05) is 6.07 Å². The molecule has 1 aromatic carbocycles. The van der Waals surface area contributed by atoms with Crippen LogP contribution in [0.1, 0.15) is 39.8 Å². The quantitative estimate of drug-likeness (QED) is 0.296. The summed E-state index contributed by atoms with van der Waals surface area (Å²) in [7, 11) is 0. The molecule has 0 radical (unpaired) electrons. The summed E-state index contributed by atoms with van der Waals surface area (Å²) in [6.45, 7) is 0.603. The van der Waals surface area contributed by atoms with E-state index in [-0.39, 0.29) is 55.5 Å². The van der Waals surface area contributed by atoms with E-state index >= 15 is 0 Å². The highest BCUT2D eigenvalue weighted by Gasteiger charge is 2.43. The van der Waals surface area contributed by atoms with Crippen molar-refractivity contribution >= 4 is 17.8 Å². The van der Waals surface area contributed by atoms with E-state index in [9.17, 15) is 28.0 Å². The number of aryl methyl sites for hydroxylation is 1. The zero-order valence-electron chi connectivity index (χ0n) is 19.8. The summed E-state index contributed by atoms with van der Waals surface area (Å²) >= 11 is 0. The molecule has 2 atom stereocenters. The number of nitrogens with zero attached hydrogens (tertiary/aromatic N) is 2. The summed E-state index contributed by atoms with van der Waals surface area (Å²) in [6.07, 6.45) is -0.947. The first-order chi connectivity index (χ1) is 17.7. The molecule has 0 aliphatic carbocycles. The van der Waals surface area contributed by atoms with Crippen LogP contribution in [0.15, 0.2) is 29.2 Å². The number of aliphatic hydroxyl groups is 1. The van der Waals surface area contributed by atoms with Gasteiger partial charge < -0.3 is 33.5 Å². The maximum absolute atomic E-state index is 14.0. The van der Waals surface area contributed by atoms with Crippen molar-refractivity contribution in [3.05, 3.63) is 63.1 Å². The van der Waals surface area contributed by atoms with Crippen LogP contribution < -0.4 is 10.2 Å². The fourth-order valence-electron chi connectivity index (χ4n) is 4.21. The molecule has 0 bridgehead atoms. The number of hydrogen-bond acceptors (Lipinski definition) is 9. The standard InChI is InChI=1S/C24H24F2N2O9/c1-13-11-35-19-10-27-9-16(18(30)5-3-14-2-4-15(25)8-17(14)26)21(31)22(20(27)23(32)28(13)19)36-12-37-24(33)34-7-6-29/h2,4,8-9,13,19,29H,3,5-7,10-12H2,1H3/t13-,19+/m0/s1. The lowest BCUT2D eigenvalue weighted by Gasteiger charge is -2.34. The molecule has 2 aromatic rings. The van der Waals surface area contributed by atoms with Crippen molar-refractivity contribution in [3.63, 3.8) is 0 Å². The molecule has 3 heterocycles. The van der Waals surface area contributed by atoms with Crippen LogP contribution in [-0.2, 0) is 27.2 Å². The van der Waals surface area contributed by atoms with E-state index in [0.717, 1.165) is 6.07 Å². The highest BCUT2D eigenvalue weighted by molar-refractivity contribution is 6.00. The SMILES string of the molecule is C[C@H]1CO[C@@H]2Cn3cc(C(=O)CCc4ccc(F)cc4F)c(=O)c(OCOC(=O)OCCO)c3C(=O)N12. The summed E-state index contributed by atoms with van der Waals surface area (Å²) in [5, 5.41) is 8.71. The molecule has 37 heavy (non-hydrogen) atoms. The summed E-state index contributed by atoms with van der Waals surface area (Å²) in [6, 6.07) is 2.70. The van der Waals surface area contributed by atoms with Gasteiger partial charge >= 0.3 is 6.16 Å². The topological polar surface area (TPSA) is 134 Å². The molecule has 1 N–H and O–H groups in total.